The Hall–Kier alpha value is -2.58. The fourth-order valence-corrected chi connectivity index (χ4v) is 4.93. The molecule has 0 N–H and O–H groups in total. The number of sulfonamides is 1. The van der Waals surface area contributed by atoms with Crippen LogP contribution in [0.4, 0.5) is 5.82 Å². The molecule has 1 atom stereocenters. The Bertz CT molecular complexity index is 1040. The Balaban J connectivity index is 1.52. The van der Waals surface area contributed by atoms with Crippen molar-refractivity contribution in [2.75, 3.05) is 25.0 Å². The molecule has 1 aliphatic heterocycles. The first-order valence-corrected chi connectivity index (χ1v) is 10.4. The predicted molar refractivity (Wildman–Crippen MR) is 105 cm³/mol. The van der Waals surface area contributed by atoms with Gasteiger partial charge in [0.15, 0.2) is 0 Å². The van der Waals surface area contributed by atoms with Gasteiger partial charge in [0.05, 0.1) is 17.5 Å². The average Bonchev–Trinajstić information content (AvgIpc) is 3.17. The molecule has 7 nitrogen and oxygen atoms in total. The molecule has 0 amide bonds. The van der Waals surface area contributed by atoms with Crippen molar-refractivity contribution in [3.63, 3.8) is 0 Å². The van der Waals surface area contributed by atoms with Crippen molar-refractivity contribution in [1.82, 2.24) is 19.3 Å². The molecule has 2 aromatic heterocycles. The van der Waals surface area contributed by atoms with Crippen LogP contribution in [0, 0.1) is 0 Å². The quantitative estimate of drug-likeness (QED) is 0.671. The maximum atomic E-state index is 12.8. The number of hydrogen-bond donors (Lipinski definition) is 0. The monoisotopic (exact) mass is 383 g/mol. The van der Waals surface area contributed by atoms with Gasteiger partial charge in [-0.3, -0.25) is 4.98 Å². The summed E-state index contributed by atoms with van der Waals surface area (Å²) in [5, 5.41) is 0.933. The summed E-state index contributed by atoms with van der Waals surface area (Å²) in [7, 11) is -1.71. The molecule has 1 aliphatic rings. The molecule has 1 saturated heterocycles. The lowest BCUT2D eigenvalue weighted by Crippen LogP contribution is -2.39. The largest absolute Gasteiger partial charge is 0.354 e. The first-order valence-electron chi connectivity index (χ1n) is 8.84. The molecule has 3 heterocycles. The van der Waals surface area contributed by atoms with Crippen LogP contribution in [0.15, 0.2) is 55.1 Å². The van der Waals surface area contributed by atoms with Crippen LogP contribution in [0.1, 0.15) is 12.0 Å². The van der Waals surface area contributed by atoms with E-state index in [0.29, 0.717) is 6.54 Å². The molecule has 0 aliphatic carbocycles. The van der Waals surface area contributed by atoms with Gasteiger partial charge in [0, 0.05) is 37.8 Å². The van der Waals surface area contributed by atoms with Gasteiger partial charge in [-0.25, -0.2) is 18.4 Å². The minimum absolute atomic E-state index is 0.0168. The fourth-order valence-electron chi connectivity index (χ4n) is 3.49. The number of fused-ring (bicyclic) bond motifs is 1. The average molecular weight is 383 g/mol. The third-order valence-corrected chi connectivity index (χ3v) is 6.90. The second-order valence-electron chi connectivity index (χ2n) is 6.74. The van der Waals surface area contributed by atoms with E-state index in [0.717, 1.165) is 35.2 Å². The van der Waals surface area contributed by atoms with Gasteiger partial charge in [0.2, 0.25) is 10.0 Å². The van der Waals surface area contributed by atoms with Crippen LogP contribution in [-0.2, 0) is 15.8 Å². The van der Waals surface area contributed by atoms with E-state index in [9.17, 15) is 8.42 Å². The summed E-state index contributed by atoms with van der Waals surface area (Å²) >= 11 is 0. The lowest BCUT2D eigenvalue weighted by molar-refractivity contribution is 0.389. The molecule has 0 saturated carbocycles. The number of likely N-dealkylation sites (N-methyl/N-ethyl adjacent to an activating group) is 1. The summed E-state index contributed by atoms with van der Waals surface area (Å²) in [6, 6.07) is 11.1. The summed E-state index contributed by atoms with van der Waals surface area (Å²) in [6.07, 6.45) is 5.73. The molecule has 140 valence electrons. The molecule has 1 unspecified atom stereocenters. The first-order chi connectivity index (χ1) is 13.0. The van der Waals surface area contributed by atoms with E-state index in [1.165, 1.54) is 10.6 Å². The SMILES string of the molecule is CN(C1CCN(c2ncnc3cnccc23)C1)S(=O)(=O)Cc1ccccc1. The number of aromatic nitrogens is 3. The van der Waals surface area contributed by atoms with E-state index in [1.54, 1.807) is 19.4 Å². The predicted octanol–water partition coefficient (Wildman–Crippen LogP) is 2.07. The lowest BCUT2D eigenvalue weighted by Gasteiger charge is -2.25. The zero-order valence-electron chi connectivity index (χ0n) is 15.1. The van der Waals surface area contributed by atoms with E-state index >= 15 is 0 Å². The van der Waals surface area contributed by atoms with Crippen molar-refractivity contribution in [2.24, 2.45) is 0 Å². The van der Waals surface area contributed by atoms with Crippen LogP contribution >= 0.6 is 0 Å². The van der Waals surface area contributed by atoms with E-state index in [4.69, 9.17) is 0 Å². The second-order valence-corrected chi connectivity index (χ2v) is 8.77. The zero-order valence-corrected chi connectivity index (χ0v) is 15.9. The number of rotatable bonds is 5. The summed E-state index contributed by atoms with van der Waals surface area (Å²) < 4.78 is 27.2. The normalized spacial score (nSPS) is 17.7. The van der Waals surface area contributed by atoms with E-state index < -0.39 is 10.0 Å². The van der Waals surface area contributed by atoms with Crippen LogP contribution in [0.5, 0.6) is 0 Å². The first kappa shape index (κ1) is 17.8. The molecule has 1 fully saturated rings. The van der Waals surface area contributed by atoms with Crippen molar-refractivity contribution in [1.29, 1.82) is 0 Å². The van der Waals surface area contributed by atoms with E-state index in [-0.39, 0.29) is 11.8 Å². The highest BCUT2D eigenvalue weighted by molar-refractivity contribution is 7.88. The van der Waals surface area contributed by atoms with Crippen LogP contribution in [-0.4, -0.2) is 53.9 Å². The summed E-state index contributed by atoms with van der Waals surface area (Å²) in [5.41, 5.74) is 1.59. The van der Waals surface area contributed by atoms with Crippen LogP contribution in [0.3, 0.4) is 0 Å². The number of anilines is 1. The van der Waals surface area contributed by atoms with Gasteiger partial charge in [0.1, 0.15) is 12.1 Å². The third kappa shape index (κ3) is 3.63. The van der Waals surface area contributed by atoms with Crippen molar-refractivity contribution < 1.29 is 8.42 Å². The molecular weight excluding hydrogens is 362 g/mol. The fraction of sp³-hybridized carbons (Fsp3) is 0.316. The number of pyridine rings is 1. The highest BCUT2D eigenvalue weighted by atomic mass is 32.2. The molecule has 27 heavy (non-hydrogen) atoms. The van der Waals surface area contributed by atoms with E-state index in [2.05, 4.69) is 19.9 Å². The third-order valence-electron chi connectivity index (χ3n) is 5.03. The van der Waals surface area contributed by atoms with Gasteiger partial charge in [-0.2, -0.15) is 4.31 Å². The Morgan fingerprint density at radius 2 is 2.00 bits per heavy atom. The minimum Gasteiger partial charge on any atom is -0.354 e. The summed E-state index contributed by atoms with van der Waals surface area (Å²) in [6.45, 7) is 1.36. The molecule has 0 bridgehead atoms. The minimum atomic E-state index is -3.38. The number of benzene rings is 1. The topological polar surface area (TPSA) is 79.3 Å². The Morgan fingerprint density at radius 1 is 1.19 bits per heavy atom. The van der Waals surface area contributed by atoms with Crippen molar-refractivity contribution in [3.8, 4) is 0 Å². The van der Waals surface area contributed by atoms with Gasteiger partial charge in [-0.1, -0.05) is 30.3 Å². The lowest BCUT2D eigenvalue weighted by atomic mass is 10.2. The van der Waals surface area contributed by atoms with Crippen molar-refractivity contribution in [2.45, 2.75) is 18.2 Å². The van der Waals surface area contributed by atoms with Crippen molar-refractivity contribution in [3.05, 3.63) is 60.7 Å². The van der Waals surface area contributed by atoms with Crippen LogP contribution in [0.25, 0.3) is 10.9 Å². The Labute approximate surface area is 158 Å². The number of hydrogen-bond acceptors (Lipinski definition) is 6. The van der Waals surface area contributed by atoms with Gasteiger partial charge >= 0.3 is 0 Å². The smallest absolute Gasteiger partial charge is 0.218 e. The molecule has 1 aromatic carbocycles. The maximum Gasteiger partial charge on any atom is 0.218 e. The molecule has 3 aromatic rings. The highest BCUT2D eigenvalue weighted by Crippen LogP contribution is 2.27. The molecular formula is C19H21N5O2S. The second kappa shape index (κ2) is 7.21. The molecule has 0 radical (unpaired) electrons. The van der Waals surface area contributed by atoms with Crippen LogP contribution in [0.2, 0.25) is 0 Å². The summed E-state index contributed by atoms with van der Waals surface area (Å²) in [4.78, 5) is 14.9. The van der Waals surface area contributed by atoms with Crippen molar-refractivity contribution >= 4 is 26.7 Å². The number of nitrogens with zero attached hydrogens (tertiary/aromatic N) is 5. The van der Waals surface area contributed by atoms with Gasteiger partial charge < -0.3 is 4.90 Å². The van der Waals surface area contributed by atoms with Gasteiger partial charge in [-0.05, 0) is 18.1 Å². The van der Waals surface area contributed by atoms with Gasteiger partial charge in [0.25, 0.3) is 0 Å². The molecule has 8 heteroatoms. The Kier molecular flexibility index (Phi) is 4.75. The molecule has 4 rings (SSSR count). The standard InChI is InChI=1S/C19H21N5O2S/c1-23(27(25,26)13-15-5-3-2-4-6-15)16-8-10-24(12-16)19-17-7-9-20-11-18(17)21-14-22-19/h2-7,9,11,14,16H,8,10,12-13H2,1H3. The molecule has 0 spiro atoms. The van der Waals surface area contributed by atoms with Gasteiger partial charge in [-0.15, -0.1) is 0 Å². The highest BCUT2D eigenvalue weighted by Gasteiger charge is 2.33. The Morgan fingerprint density at radius 3 is 2.81 bits per heavy atom. The van der Waals surface area contributed by atoms with Crippen LogP contribution < -0.4 is 4.90 Å². The zero-order chi connectivity index (χ0) is 18.9. The van der Waals surface area contributed by atoms with E-state index in [1.807, 2.05) is 36.4 Å². The maximum absolute atomic E-state index is 12.8. The summed E-state index contributed by atoms with van der Waals surface area (Å²) in [5.74, 6) is 0.849.